The molecule has 5 nitrogen and oxygen atoms in total. The van der Waals surface area contributed by atoms with E-state index in [-0.39, 0.29) is 23.8 Å². The van der Waals surface area contributed by atoms with Gasteiger partial charge >= 0.3 is 0 Å². The van der Waals surface area contributed by atoms with Crippen molar-refractivity contribution >= 4 is 17.5 Å². The minimum absolute atomic E-state index is 0.0127. The Morgan fingerprint density at radius 3 is 2.57 bits per heavy atom. The van der Waals surface area contributed by atoms with Crippen LogP contribution in [0.1, 0.15) is 42.4 Å². The molecule has 0 bridgehead atoms. The van der Waals surface area contributed by atoms with Gasteiger partial charge in [0.1, 0.15) is 0 Å². The largest absolute Gasteiger partial charge is 0.376 e. The summed E-state index contributed by atoms with van der Waals surface area (Å²) in [6.07, 6.45) is 4.45. The third-order valence-corrected chi connectivity index (χ3v) is 5.79. The lowest BCUT2D eigenvalue weighted by Gasteiger charge is -2.24. The Hall–Kier alpha value is -2.66. The molecule has 1 N–H and O–H groups in total. The van der Waals surface area contributed by atoms with Crippen LogP contribution in [0.4, 0.5) is 5.69 Å². The Bertz CT molecular complexity index is 884. The molecule has 1 saturated carbocycles. The molecule has 2 aromatic rings. The molecule has 1 aliphatic heterocycles. The van der Waals surface area contributed by atoms with Crippen LogP contribution in [0.5, 0.6) is 0 Å². The van der Waals surface area contributed by atoms with E-state index in [0.717, 1.165) is 49.1 Å². The zero-order valence-electron chi connectivity index (χ0n) is 17.6. The molecule has 5 heteroatoms. The molecule has 1 heterocycles. The van der Waals surface area contributed by atoms with Gasteiger partial charge in [-0.25, -0.2) is 0 Å². The number of rotatable bonds is 8. The second kappa shape index (κ2) is 9.43. The number of aryl methyl sites for hydroxylation is 1. The highest BCUT2D eigenvalue weighted by molar-refractivity contribution is 5.96. The first-order valence-electron chi connectivity index (χ1n) is 10.9. The minimum atomic E-state index is -0.0127. The first-order chi connectivity index (χ1) is 14.6. The zero-order chi connectivity index (χ0) is 20.9. The quantitative estimate of drug-likeness (QED) is 0.726. The van der Waals surface area contributed by atoms with Crippen molar-refractivity contribution in [2.24, 2.45) is 5.92 Å². The summed E-state index contributed by atoms with van der Waals surface area (Å²) < 4.78 is 5.56. The molecule has 1 aliphatic carbocycles. The predicted molar refractivity (Wildman–Crippen MR) is 117 cm³/mol. The average molecular weight is 407 g/mol. The zero-order valence-corrected chi connectivity index (χ0v) is 17.6. The Morgan fingerprint density at radius 1 is 1.07 bits per heavy atom. The van der Waals surface area contributed by atoms with Crippen molar-refractivity contribution in [2.75, 3.05) is 18.1 Å². The van der Waals surface area contributed by atoms with E-state index in [1.807, 2.05) is 29.2 Å². The van der Waals surface area contributed by atoms with Gasteiger partial charge in [0.25, 0.3) is 0 Å². The minimum Gasteiger partial charge on any atom is -0.376 e. The summed E-state index contributed by atoms with van der Waals surface area (Å²) in [5, 5.41) is 2.97. The molecule has 30 heavy (non-hydrogen) atoms. The van der Waals surface area contributed by atoms with Crippen molar-refractivity contribution in [1.29, 1.82) is 0 Å². The summed E-state index contributed by atoms with van der Waals surface area (Å²) in [5.74, 6) is 0.297. The molecule has 2 aliphatic rings. The van der Waals surface area contributed by atoms with Crippen LogP contribution < -0.4 is 10.2 Å². The van der Waals surface area contributed by atoms with Crippen LogP contribution in [0, 0.1) is 12.8 Å². The number of carbonyl (C=O) groups is 2. The van der Waals surface area contributed by atoms with E-state index in [4.69, 9.17) is 4.74 Å². The summed E-state index contributed by atoms with van der Waals surface area (Å²) in [6.45, 7) is 3.96. The second-order valence-electron chi connectivity index (χ2n) is 8.47. The fourth-order valence-electron chi connectivity index (χ4n) is 3.84. The van der Waals surface area contributed by atoms with Crippen molar-refractivity contribution in [2.45, 2.75) is 51.7 Å². The number of hydrogen-bond donors (Lipinski definition) is 1. The number of nitrogens with zero attached hydrogens (tertiary/aromatic N) is 1. The van der Waals surface area contributed by atoms with E-state index < -0.39 is 0 Å². The number of carbonyl (C=O) groups excluding carboxylic acids is 2. The monoisotopic (exact) mass is 406 g/mol. The molecule has 2 fully saturated rings. The van der Waals surface area contributed by atoms with Crippen molar-refractivity contribution in [1.82, 2.24) is 5.32 Å². The van der Waals surface area contributed by atoms with Crippen molar-refractivity contribution in [3.05, 3.63) is 65.2 Å². The number of benzene rings is 2. The Morgan fingerprint density at radius 2 is 1.87 bits per heavy atom. The number of nitrogens with one attached hydrogen (secondary N) is 1. The standard InChI is InChI=1S/C25H30N2O3/c1-18-7-9-19(10-8-18)17-27(25(29)21-11-12-21)22-5-2-4-20(14-22)15-24(28)26-16-23-6-3-13-30-23/h2,4-5,7-10,14,21,23H,3,6,11-13,15-17H2,1H3,(H,26,28)/t23-/m1/s1. The summed E-state index contributed by atoms with van der Waals surface area (Å²) in [7, 11) is 0. The molecule has 2 aromatic carbocycles. The van der Waals surface area contributed by atoms with Crippen molar-refractivity contribution in [3.63, 3.8) is 0 Å². The van der Waals surface area contributed by atoms with Crippen LogP contribution in [0.25, 0.3) is 0 Å². The Kier molecular flexibility index (Phi) is 6.48. The summed E-state index contributed by atoms with van der Waals surface area (Å²) in [6, 6.07) is 16.1. The lowest BCUT2D eigenvalue weighted by molar-refractivity contribution is -0.121. The van der Waals surface area contributed by atoms with E-state index in [9.17, 15) is 9.59 Å². The van der Waals surface area contributed by atoms with Gasteiger partial charge in [-0.3, -0.25) is 9.59 Å². The molecule has 0 radical (unpaired) electrons. The van der Waals surface area contributed by atoms with Gasteiger partial charge in [0.15, 0.2) is 0 Å². The van der Waals surface area contributed by atoms with Gasteiger partial charge < -0.3 is 15.0 Å². The molecular formula is C25H30N2O3. The first kappa shape index (κ1) is 20.6. The van der Waals surface area contributed by atoms with E-state index in [2.05, 4.69) is 36.5 Å². The SMILES string of the molecule is Cc1ccc(CN(C(=O)C2CC2)c2cccc(CC(=O)NC[C@H]3CCCO3)c2)cc1. The molecule has 1 saturated heterocycles. The van der Waals surface area contributed by atoms with Gasteiger partial charge in [0.05, 0.1) is 19.1 Å². The number of ether oxygens (including phenoxy) is 1. The highest BCUT2D eigenvalue weighted by atomic mass is 16.5. The topological polar surface area (TPSA) is 58.6 Å². The van der Waals surface area contributed by atoms with Crippen LogP contribution in [-0.4, -0.2) is 31.1 Å². The summed E-state index contributed by atoms with van der Waals surface area (Å²) in [4.78, 5) is 27.2. The molecule has 0 aromatic heterocycles. The number of anilines is 1. The molecule has 158 valence electrons. The Labute approximate surface area is 178 Å². The van der Waals surface area contributed by atoms with Gasteiger partial charge in [-0.1, -0.05) is 42.0 Å². The number of amides is 2. The van der Waals surface area contributed by atoms with E-state index in [1.54, 1.807) is 0 Å². The summed E-state index contributed by atoms with van der Waals surface area (Å²) in [5.41, 5.74) is 4.08. The maximum Gasteiger partial charge on any atom is 0.230 e. The third-order valence-electron chi connectivity index (χ3n) is 5.79. The molecular weight excluding hydrogens is 376 g/mol. The van der Waals surface area contributed by atoms with E-state index in [1.165, 1.54) is 5.56 Å². The van der Waals surface area contributed by atoms with Crippen molar-refractivity contribution in [3.8, 4) is 0 Å². The maximum absolute atomic E-state index is 13.0. The van der Waals surface area contributed by atoms with Crippen molar-refractivity contribution < 1.29 is 14.3 Å². The van der Waals surface area contributed by atoms with Gasteiger partial charge in [-0.15, -0.1) is 0 Å². The van der Waals surface area contributed by atoms with Gasteiger partial charge in [0, 0.05) is 24.8 Å². The highest BCUT2D eigenvalue weighted by Crippen LogP contribution is 2.33. The van der Waals surface area contributed by atoms with E-state index in [0.29, 0.717) is 19.5 Å². The molecule has 2 amide bonds. The van der Waals surface area contributed by atoms with Gasteiger partial charge in [-0.05, 0) is 55.9 Å². The fourth-order valence-corrected chi connectivity index (χ4v) is 3.84. The lowest BCUT2D eigenvalue weighted by Crippen LogP contribution is -2.33. The second-order valence-corrected chi connectivity index (χ2v) is 8.47. The normalized spacial score (nSPS) is 18.2. The highest BCUT2D eigenvalue weighted by Gasteiger charge is 2.34. The third kappa shape index (κ3) is 5.48. The van der Waals surface area contributed by atoms with Gasteiger partial charge in [-0.2, -0.15) is 0 Å². The molecule has 0 unspecified atom stereocenters. The van der Waals surface area contributed by atoms with Crippen LogP contribution in [0.3, 0.4) is 0 Å². The van der Waals surface area contributed by atoms with Crippen LogP contribution >= 0.6 is 0 Å². The smallest absolute Gasteiger partial charge is 0.230 e. The van der Waals surface area contributed by atoms with Crippen LogP contribution in [0.15, 0.2) is 48.5 Å². The lowest BCUT2D eigenvalue weighted by atomic mass is 10.1. The first-order valence-corrected chi connectivity index (χ1v) is 10.9. The molecule has 4 rings (SSSR count). The summed E-state index contributed by atoms with van der Waals surface area (Å²) >= 11 is 0. The van der Waals surface area contributed by atoms with Crippen LogP contribution in [-0.2, 0) is 27.3 Å². The van der Waals surface area contributed by atoms with Gasteiger partial charge in [0.2, 0.25) is 11.8 Å². The number of hydrogen-bond acceptors (Lipinski definition) is 3. The maximum atomic E-state index is 13.0. The fraction of sp³-hybridized carbons (Fsp3) is 0.440. The van der Waals surface area contributed by atoms with Crippen LogP contribution in [0.2, 0.25) is 0 Å². The molecule has 0 spiro atoms. The Balaban J connectivity index is 1.44. The van der Waals surface area contributed by atoms with E-state index >= 15 is 0 Å². The average Bonchev–Trinajstić information content (AvgIpc) is 3.47. The predicted octanol–water partition coefficient (Wildman–Crippen LogP) is 3.78. The molecule has 1 atom stereocenters.